The van der Waals surface area contributed by atoms with Gasteiger partial charge in [-0.25, -0.2) is 18.3 Å². The van der Waals surface area contributed by atoms with Gasteiger partial charge in [-0.05, 0) is 42.8 Å². The van der Waals surface area contributed by atoms with E-state index in [4.69, 9.17) is 0 Å². The van der Waals surface area contributed by atoms with E-state index in [1.807, 2.05) is 13.2 Å². The van der Waals surface area contributed by atoms with Crippen LogP contribution in [0, 0.1) is 11.6 Å². The molecule has 2 aromatic carbocycles. The number of aromatic nitrogens is 2. The molecule has 3 amide bonds. The summed E-state index contributed by atoms with van der Waals surface area (Å²) in [7, 11) is 1.84. The zero-order valence-electron chi connectivity index (χ0n) is 20.5. The van der Waals surface area contributed by atoms with E-state index < -0.39 is 29.5 Å². The number of aryl methyl sites for hydroxylation is 1. The lowest BCUT2D eigenvalue weighted by Gasteiger charge is -2.13. The maximum atomic E-state index is 13.3. The number of halogens is 2. The van der Waals surface area contributed by atoms with Gasteiger partial charge < -0.3 is 16.0 Å². The monoisotopic (exact) mass is 536 g/mol. The minimum absolute atomic E-state index is 0.164. The normalized spacial score (nSPS) is 11.5. The summed E-state index contributed by atoms with van der Waals surface area (Å²) in [6.45, 7) is 1.50. The summed E-state index contributed by atoms with van der Waals surface area (Å²) in [5, 5.41) is 10.1. The molecule has 2 aromatic heterocycles. The highest BCUT2D eigenvalue weighted by molar-refractivity contribution is 7.14. The lowest BCUT2D eigenvalue weighted by Crippen LogP contribution is -2.42. The lowest BCUT2D eigenvalue weighted by atomic mass is 10.1. The molecule has 0 aliphatic heterocycles. The van der Waals surface area contributed by atoms with Crippen LogP contribution in [0.1, 0.15) is 22.8 Å². The van der Waals surface area contributed by atoms with Crippen molar-refractivity contribution in [1.29, 1.82) is 0 Å². The second-order valence-corrected chi connectivity index (χ2v) is 9.42. The highest BCUT2D eigenvalue weighted by Crippen LogP contribution is 2.26. The lowest BCUT2D eigenvalue weighted by molar-refractivity contribution is -0.671. The van der Waals surface area contributed by atoms with Gasteiger partial charge in [-0.3, -0.25) is 14.4 Å². The smallest absolute Gasteiger partial charge is 0.261 e. The molecule has 4 rings (SSSR count). The Morgan fingerprint density at radius 3 is 2.42 bits per heavy atom. The molecule has 194 valence electrons. The van der Waals surface area contributed by atoms with Crippen LogP contribution in [0.15, 0.2) is 72.4 Å². The number of carbonyl (C=O) groups is 3. The number of benzene rings is 2. The second-order valence-electron chi connectivity index (χ2n) is 8.56. The van der Waals surface area contributed by atoms with Crippen molar-refractivity contribution in [1.82, 2.24) is 10.3 Å². The maximum absolute atomic E-state index is 13.3. The summed E-state index contributed by atoms with van der Waals surface area (Å²) < 4.78 is 28.4. The fraction of sp³-hybridized carbons (Fsp3) is 0.148. The molecule has 1 unspecified atom stereocenters. The Bertz CT molecular complexity index is 1470. The van der Waals surface area contributed by atoms with Crippen LogP contribution >= 0.6 is 11.3 Å². The molecule has 3 N–H and O–H groups in total. The number of nitrogens with zero attached hydrogens (tertiary/aromatic N) is 2. The van der Waals surface area contributed by atoms with Crippen LogP contribution in [0.25, 0.3) is 11.3 Å². The average molecular weight is 537 g/mol. The zero-order valence-corrected chi connectivity index (χ0v) is 21.3. The summed E-state index contributed by atoms with van der Waals surface area (Å²) in [4.78, 5) is 41.6. The van der Waals surface area contributed by atoms with Crippen LogP contribution in [-0.2, 0) is 23.1 Å². The molecular formula is C27H24F2N5O3S+. The predicted molar refractivity (Wildman–Crippen MR) is 139 cm³/mol. The molecule has 1 atom stereocenters. The molecule has 0 saturated heterocycles. The molecule has 4 aromatic rings. The van der Waals surface area contributed by atoms with Gasteiger partial charge in [-0.1, -0.05) is 12.1 Å². The second kappa shape index (κ2) is 11.7. The van der Waals surface area contributed by atoms with Gasteiger partial charge in [0.05, 0.1) is 12.1 Å². The number of hydrogen-bond acceptors (Lipinski definition) is 5. The molecule has 0 fully saturated rings. The van der Waals surface area contributed by atoms with Crippen molar-refractivity contribution in [2.45, 2.75) is 19.4 Å². The molecule has 0 saturated carbocycles. The molecule has 11 heteroatoms. The van der Waals surface area contributed by atoms with E-state index in [9.17, 15) is 23.2 Å². The highest BCUT2D eigenvalue weighted by atomic mass is 32.1. The molecule has 0 aliphatic carbocycles. The zero-order chi connectivity index (χ0) is 27.2. The van der Waals surface area contributed by atoms with E-state index in [1.165, 1.54) is 18.3 Å². The third-order valence-electron chi connectivity index (χ3n) is 5.43. The minimum atomic E-state index is -0.900. The Balaban J connectivity index is 1.31. The summed E-state index contributed by atoms with van der Waals surface area (Å²) >= 11 is 1.22. The first-order chi connectivity index (χ1) is 18.2. The molecule has 0 bridgehead atoms. The Labute approximate surface area is 221 Å². The topological polar surface area (TPSA) is 104 Å². The molecule has 0 spiro atoms. The maximum Gasteiger partial charge on any atom is 0.261 e. The number of amides is 3. The van der Waals surface area contributed by atoms with Gasteiger partial charge in [0.15, 0.2) is 17.5 Å². The van der Waals surface area contributed by atoms with Gasteiger partial charge in [0.1, 0.15) is 30.3 Å². The average Bonchev–Trinajstić information content (AvgIpc) is 3.32. The van der Waals surface area contributed by atoms with E-state index in [2.05, 4.69) is 20.9 Å². The highest BCUT2D eigenvalue weighted by Gasteiger charge is 2.18. The molecule has 38 heavy (non-hydrogen) atoms. The Morgan fingerprint density at radius 2 is 1.74 bits per heavy atom. The molecule has 8 nitrogen and oxygen atoms in total. The first kappa shape index (κ1) is 26.6. The van der Waals surface area contributed by atoms with Crippen LogP contribution in [0.4, 0.5) is 19.6 Å². The van der Waals surface area contributed by atoms with Crippen molar-refractivity contribution in [3.8, 4) is 11.3 Å². The van der Waals surface area contributed by atoms with Gasteiger partial charge in [0.25, 0.3) is 5.91 Å². The van der Waals surface area contributed by atoms with Crippen molar-refractivity contribution in [2.24, 2.45) is 7.05 Å². The SMILES string of the molecule is CC(NC(=O)Cc1cc(F)cc(F)c1)C(=O)Nc1nc(-c2ccc(NC(=O)c3ccc[n+](C)c3)cc2)cs1. The summed E-state index contributed by atoms with van der Waals surface area (Å²) in [6, 6.07) is 12.6. The predicted octanol–water partition coefficient (Wildman–Crippen LogP) is 3.85. The number of rotatable bonds is 8. The van der Waals surface area contributed by atoms with Crippen molar-refractivity contribution in [2.75, 3.05) is 10.6 Å². The number of carbonyl (C=O) groups excluding carboxylic acids is 3. The van der Waals surface area contributed by atoms with Crippen molar-refractivity contribution < 1.29 is 27.7 Å². The van der Waals surface area contributed by atoms with E-state index in [-0.39, 0.29) is 17.9 Å². The van der Waals surface area contributed by atoms with Gasteiger partial charge in [-0.15, -0.1) is 11.3 Å². The number of pyridine rings is 1. The Hall–Kier alpha value is -4.51. The first-order valence-electron chi connectivity index (χ1n) is 11.5. The summed E-state index contributed by atoms with van der Waals surface area (Å²) in [5.41, 5.74) is 2.74. The largest absolute Gasteiger partial charge is 0.344 e. The van der Waals surface area contributed by atoms with Crippen LogP contribution < -0.4 is 20.5 Å². The Morgan fingerprint density at radius 1 is 1.03 bits per heavy atom. The van der Waals surface area contributed by atoms with Gasteiger partial charge in [-0.2, -0.15) is 0 Å². The molecular weight excluding hydrogens is 512 g/mol. The molecule has 2 heterocycles. The fourth-order valence-electron chi connectivity index (χ4n) is 3.58. The third kappa shape index (κ3) is 7.04. The van der Waals surface area contributed by atoms with E-state index in [0.29, 0.717) is 22.1 Å². The first-order valence-corrected chi connectivity index (χ1v) is 12.4. The Kier molecular flexibility index (Phi) is 8.17. The summed E-state index contributed by atoms with van der Waals surface area (Å²) in [6.07, 6.45) is 3.30. The van der Waals surface area contributed by atoms with E-state index in [1.54, 1.807) is 52.5 Å². The number of hydrogen-bond donors (Lipinski definition) is 3. The van der Waals surface area contributed by atoms with E-state index in [0.717, 1.165) is 23.8 Å². The van der Waals surface area contributed by atoms with Gasteiger partial charge in [0, 0.05) is 28.8 Å². The van der Waals surface area contributed by atoms with Crippen LogP contribution in [-0.4, -0.2) is 28.7 Å². The van der Waals surface area contributed by atoms with E-state index >= 15 is 0 Å². The van der Waals surface area contributed by atoms with Crippen LogP contribution in [0.2, 0.25) is 0 Å². The molecule has 0 aliphatic rings. The minimum Gasteiger partial charge on any atom is -0.344 e. The van der Waals surface area contributed by atoms with Gasteiger partial charge in [0.2, 0.25) is 11.8 Å². The fourth-order valence-corrected chi connectivity index (χ4v) is 4.31. The number of nitrogens with one attached hydrogen (secondary N) is 3. The summed E-state index contributed by atoms with van der Waals surface area (Å²) in [5.74, 6) is -2.82. The van der Waals surface area contributed by atoms with Gasteiger partial charge >= 0.3 is 0 Å². The quantitative estimate of drug-likeness (QED) is 0.298. The molecule has 0 radical (unpaired) electrons. The van der Waals surface area contributed by atoms with Crippen molar-refractivity contribution >= 4 is 39.9 Å². The standard InChI is InChI=1S/C27H23F2N5O3S/c1-16(30-24(35)12-17-10-20(28)13-21(29)11-17)25(36)33-27-32-23(15-38-27)18-5-7-22(8-6-18)31-26(37)19-4-3-9-34(2)14-19/h3-11,13-16H,12H2,1-2H3,(H2-,30,31,32,33,35,36,37)/p+1. The van der Waals surface area contributed by atoms with Crippen molar-refractivity contribution in [3.05, 3.63) is 95.1 Å². The van der Waals surface area contributed by atoms with Crippen LogP contribution in [0.3, 0.4) is 0 Å². The third-order valence-corrected chi connectivity index (χ3v) is 6.19. The number of thiazole rings is 1. The van der Waals surface area contributed by atoms with Crippen molar-refractivity contribution in [3.63, 3.8) is 0 Å². The van der Waals surface area contributed by atoms with Crippen LogP contribution in [0.5, 0.6) is 0 Å². The number of anilines is 2.